The van der Waals surface area contributed by atoms with Crippen molar-refractivity contribution in [3.05, 3.63) is 92.1 Å². The number of alkyl halides is 3. The number of hydrogen-bond acceptors (Lipinski definition) is 6. The van der Waals surface area contributed by atoms with Crippen LogP contribution in [0.2, 0.25) is 0 Å². The molecule has 0 aliphatic carbocycles. The van der Waals surface area contributed by atoms with Gasteiger partial charge in [-0.25, -0.2) is 15.3 Å². The molecule has 160 valence electrons. The minimum absolute atomic E-state index is 0.129. The molecular formula is C19H14F3N5O3S. The number of hydrogen-bond donors (Lipinski definition) is 3. The van der Waals surface area contributed by atoms with E-state index in [1.807, 2.05) is 4.98 Å². The van der Waals surface area contributed by atoms with E-state index in [-0.39, 0.29) is 5.03 Å². The van der Waals surface area contributed by atoms with Crippen LogP contribution in [-0.2, 0) is 11.0 Å². The van der Waals surface area contributed by atoms with Gasteiger partial charge < -0.3 is 0 Å². The van der Waals surface area contributed by atoms with Crippen LogP contribution in [0.5, 0.6) is 0 Å². The summed E-state index contributed by atoms with van der Waals surface area (Å²) in [6.07, 6.45) is -3.26. The second-order valence-corrected chi connectivity index (χ2v) is 7.17. The number of aromatic nitrogens is 3. The lowest BCUT2D eigenvalue weighted by Gasteiger charge is -2.14. The van der Waals surface area contributed by atoms with Gasteiger partial charge in [-0.15, -0.1) is 0 Å². The lowest BCUT2D eigenvalue weighted by molar-refractivity contribution is -0.137. The monoisotopic (exact) mass is 449 g/mol. The van der Waals surface area contributed by atoms with E-state index < -0.39 is 34.1 Å². The molecule has 0 saturated carbocycles. The van der Waals surface area contributed by atoms with Gasteiger partial charge in [0.1, 0.15) is 5.25 Å². The second kappa shape index (κ2) is 9.43. The molecule has 1 amide bonds. The maximum Gasteiger partial charge on any atom is 0.416 e. The van der Waals surface area contributed by atoms with E-state index in [0.717, 1.165) is 23.9 Å². The Kier molecular flexibility index (Phi) is 6.70. The van der Waals surface area contributed by atoms with Crippen LogP contribution in [0.25, 0.3) is 0 Å². The van der Waals surface area contributed by atoms with Crippen molar-refractivity contribution in [2.45, 2.75) is 16.5 Å². The molecule has 1 unspecified atom stereocenters. The van der Waals surface area contributed by atoms with Gasteiger partial charge in [0, 0.05) is 0 Å². The third-order valence-corrected chi connectivity index (χ3v) is 5.10. The maximum atomic E-state index is 12.7. The van der Waals surface area contributed by atoms with Crippen LogP contribution in [-0.4, -0.2) is 27.3 Å². The number of nitrogens with one attached hydrogen (secondary N) is 3. The highest BCUT2D eigenvalue weighted by atomic mass is 32.2. The first-order valence-electron chi connectivity index (χ1n) is 8.65. The normalized spacial score (nSPS) is 12.6. The summed E-state index contributed by atoms with van der Waals surface area (Å²) in [5, 5.41) is 8.45. The topological polar surface area (TPSA) is 120 Å². The zero-order chi connectivity index (χ0) is 22.4. The van der Waals surface area contributed by atoms with Crippen LogP contribution in [0.4, 0.5) is 13.2 Å². The number of carbonyl (C=O) groups excluding carboxylic acids is 1. The molecule has 3 aromatic rings. The van der Waals surface area contributed by atoms with Gasteiger partial charge >= 0.3 is 11.9 Å². The van der Waals surface area contributed by atoms with Gasteiger partial charge in [-0.3, -0.25) is 14.6 Å². The molecule has 8 nitrogen and oxygen atoms in total. The molecule has 0 saturated heterocycles. The quantitative estimate of drug-likeness (QED) is 0.303. The van der Waals surface area contributed by atoms with Crippen molar-refractivity contribution >= 4 is 23.9 Å². The SMILES string of the molecule is O=C(N/N=C\c1ccc(C(F)(F)F)cc1)C(Sc1n[nH]c(=O)[nH]c1=O)c1ccccc1. The molecular weight excluding hydrogens is 435 g/mol. The van der Waals surface area contributed by atoms with Crippen molar-refractivity contribution < 1.29 is 18.0 Å². The van der Waals surface area contributed by atoms with Crippen molar-refractivity contribution in [3.8, 4) is 0 Å². The van der Waals surface area contributed by atoms with Crippen LogP contribution < -0.4 is 16.7 Å². The summed E-state index contributed by atoms with van der Waals surface area (Å²) < 4.78 is 37.8. The van der Waals surface area contributed by atoms with E-state index in [1.54, 1.807) is 30.3 Å². The number of nitrogens with zero attached hydrogens (tertiary/aromatic N) is 2. The van der Waals surface area contributed by atoms with Gasteiger partial charge in [-0.1, -0.05) is 54.2 Å². The van der Waals surface area contributed by atoms with Crippen molar-refractivity contribution in [2.24, 2.45) is 5.10 Å². The van der Waals surface area contributed by atoms with E-state index in [9.17, 15) is 27.6 Å². The molecule has 0 fully saturated rings. The summed E-state index contributed by atoms with van der Waals surface area (Å²) >= 11 is 0.800. The van der Waals surface area contributed by atoms with Crippen LogP contribution in [0.1, 0.15) is 21.9 Å². The Morgan fingerprint density at radius 3 is 2.39 bits per heavy atom. The Morgan fingerprint density at radius 1 is 1.10 bits per heavy atom. The number of benzene rings is 2. The first-order chi connectivity index (χ1) is 14.7. The number of H-pyrrole nitrogens is 2. The van der Waals surface area contributed by atoms with Gasteiger partial charge in [-0.2, -0.15) is 23.4 Å². The molecule has 31 heavy (non-hydrogen) atoms. The number of carbonyl (C=O) groups is 1. The average Bonchev–Trinajstić information content (AvgIpc) is 2.73. The fraction of sp³-hybridized carbons (Fsp3) is 0.105. The average molecular weight is 449 g/mol. The van der Waals surface area contributed by atoms with Crippen molar-refractivity contribution in [3.63, 3.8) is 0 Å². The molecule has 0 aliphatic rings. The molecule has 1 heterocycles. The molecule has 0 bridgehead atoms. The standard InChI is InChI=1S/C19H14F3N5O3S/c20-19(21,22)13-8-6-11(7-9-13)10-23-25-15(28)14(12-4-2-1-3-5-12)31-17-16(29)24-18(30)27-26-17/h1-10,14H,(H,25,28)(H2,24,27,29,30)/b23-10-. The van der Waals surface area contributed by atoms with E-state index >= 15 is 0 Å². The van der Waals surface area contributed by atoms with Gasteiger partial charge in [-0.05, 0) is 23.3 Å². The van der Waals surface area contributed by atoms with E-state index in [4.69, 9.17) is 0 Å². The Labute approximate surface area is 176 Å². The Morgan fingerprint density at radius 2 is 1.77 bits per heavy atom. The van der Waals surface area contributed by atoms with Crippen LogP contribution >= 0.6 is 11.8 Å². The molecule has 3 N–H and O–H groups in total. The van der Waals surface area contributed by atoms with Gasteiger partial charge in [0.2, 0.25) is 0 Å². The fourth-order valence-electron chi connectivity index (χ4n) is 2.42. The highest BCUT2D eigenvalue weighted by Gasteiger charge is 2.29. The molecule has 2 aromatic carbocycles. The lowest BCUT2D eigenvalue weighted by Crippen LogP contribution is -2.28. The van der Waals surface area contributed by atoms with Crippen molar-refractivity contribution in [2.75, 3.05) is 0 Å². The van der Waals surface area contributed by atoms with E-state index in [2.05, 4.69) is 20.7 Å². The summed E-state index contributed by atoms with van der Waals surface area (Å²) in [5.74, 6) is -0.605. The van der Waals surface area contributed by atoms with E-state index in [1.165, 1.54) is 18.3 Å². The molecule has 0 radical (unpaired) electrons. The first-order valence-corrected chi connectivity index (χ1v) is 9.53. The van der Waals surface area contributed by atoms with Crippen LogP contribution in [0, 0.1) is 0 Å². The third-order valence-electron chi connectivity index (χ3n) is 3.88. The maximum absolute atomic E-state index is 12.7. The zero-order valence-electron chi connectivity index (χ0n) is 15.5. The molecule has 12 heteroatoms. The smallest absolute Gasteiger partial charge is 0.271 e. The van der Waals surface area contributed by atoms with Crippen molar-refractivity contribution in [1.29, 1.82) is 0 Å². The predicted molar refractivity (Wildman–Crippen MR) is 108 cm³/mol. The predicted octanol–water partition coefficient (Wildman–Crippen LogP) is 2.46. The van der Waals surface area contributed by atoms with Crippen molar-refractivity contribution in [1.82, 2.24) is 20.6 Å². The number of amides is 1. The Bertz CT molecular complexity index is 1190. The number of rotatable bonds is 6. The lowest BCUT2D eigenvalue weighted by atomic mass is 10.1. The molecule has 1 atom stereocenters. The second-order valence-electron chi connectivity index (χ2n) is 6.07. The van der Waals surface area contributed by atoms with Gasteiger partial charge in [0.25, 0.3) is 11.5 Å². The minimum atomic E-state index is -4.45. The first kappa shape index (κ1) is 22.0. The zero-order valence-corrected chi connectivity index (χ0v) is 16.3. The van der Waals surface area contributed by atoms with Gasteiger partial charge in [0.05, 0.1) is 11.8 Å². The number of halogens is 3. The van der Waals surface area contributed by atoms with E-state index in [0.29, 0.717) is 11.1 Å². The Hall–Kier alpha value is -3.67. The van der Waals surface area contributed by atoms with Crippen LogP contribution in [0.15, 0.2) is 74.3 Å². The van der Waals surface area contributed by atoms with Crippen LogP contribution in [0.3, 0.4) is 0 Å². The number of hydrazone groups is 1. The summed E-state index contributed by atoms with van der Waals surface area (Å²) in [7, 11) is 0. The number of aromatic amines is 2. The molecule has 3 rings (SSSR count). The minimum Gasteiger partial charge on any atom is -0.271 e. The third kappa shape index (κ3) is 5.92. The summed E-state index contributed by atoms with van der Waals surface area (Å²) in [4.78, 5) is 37.8. The summed E-state index contributed by atoms with van der Waals surface area (Å²) in [6, 6.07) is 12.7. The molecule has 0 aliphatic heterocycles. The highest BCUT2D eigenvalue weighted by molar-refractivity contribution is 8.00. The number of thioether (sulfide) groups is 1. The molecule has 1 aromatic heterocycles. The fourth-order valence-corrected chi connectivity index (χ4v) is 3.35. The summed E-state index contributed by atoms with van der Waals surface area (Å²) in [6.45, 7) is 0. The highest BCUT2D eigenvalue weighted by Crippen LogP contribution is 2.32. The summed E-state index contributed by atoms with van der Waals surface area (Å²) in [5.41, 5.74) is 0.855. The largest absolute Gasteiger partial charge is 0.416 e. The van der Waals surface area contributed by atoms with Gasteiger partial charge in [0.15, 0.2) is 5.03 Å². The Balaban J connectivity index is 1.76. The molecule has 0 spiro atoms.